The van der Waals surface area contributed by atoms with Gasteiger partial charge in [0.05, 0.1) is 16.4 Å². The largest absolute Gasteiger partial charge is 0.437 e. The fourth-order valence-electron chi connectivity index (χ4n) is 2.73. The van der Waals surface area contributed by atoms with Gasteiger partial charge in [0.2, 0.25) is 5.90 Å². The van der Waals surface area contributed by atoms with E-state index in [1.54, 1.807) is 23.0 Å². The predicted octanol–water partition coefficient (Wildman–Crippen LogP) is 4.62. The van der Waals surface area contributed by atoms with Crippen LogP contribution in [-0.4, -0.2) is 20.7 Å². The van der Waals surface area contributed by atoms with Crippen molar-refractivity contribution in [2.24, 2.45) is 4.99 Å². The van der Waals surface area contributed by atoms with Crippen molar-refractivity contribution in [3.8, 4) is 5.82 Å². The fourth-order valence-corrected chi connectivity index (χ4v) is 2.93. The van der Waals surface area contributed by atoms with Crippen molar-refractivity contribution >= 4 is 28.9 Å². The van der Waals surface area contributed by atoms with E-state index in [9.17, 15) is 0 Å². The van der Waals surface area contributed by atoms with Crippen LogP contribution in [0.5, 0.6) is 0 Å². The fraction of sp³-hybridized carbons (Fsp3) is 0.105. The standard InChI is InChI=1S/C19H15ClN4O/c1-11-6-7-14-13(3)25-19(22-16(14)9-11)17-10-12(2)23-24(17)18-15(20)5-4-8-21-18/h4-10H,3H2,1-2H3. The average Bonchev–Trinajstić information content (AvgIpc) is 2.96. The summed E-state index contributed by atoms with van der Waals surface area (Å²) < 4.78 is 7.52. The number of pyridine rings is 1. The minimum atomic E-state index is 0.422. The lowest BCUT2D eigenvalue weighted by Gasteiger charge is -2.19. The van der Waals surface area contributed by atoms with Gasteiger partial charge in [-0.25, -0.2) is 14.7 Å². The van der Waals surface area contributed by atoms with Gasteiger partial charge < -0.3 is 4.74 Å². The molecule has 1 aliphatic rings. The van der Waals surface area contributed by atoms with Crippen molar-refractivity contribution in [1.29, 1.82) is 0 Å². The van der Waals surface area contributed by atoms with Crippen LogP contribution in [0.1, 0.15) is 22.5 Å². The molecule has 0 radical (unpaired) electrons. The van der Waals surface area contributed by atoms with Crippen molar-refractivity contribution in [2.45, 2.75) is 13.8 Å². The molecule has 0 atom stereocenters. The summed E-state index contributed by atoms with van der Waals surface area (Å²) in [5.41, 5.74) is 4.31. The van der Waals surface area contributed by atoms with Crippen molar-refractivity contribution < 1.29 is 4.74 Å². The minimum Gasteiger partial charge on any atom is -0.437 e. The molecule has 0 amide bonds. The van der Waals surface area contributed by atoms with Gasteiger partial charge in [0.15, 0.2) is 5.82 Å². The third kappa shape index (κ3) is 2.72. The molecule has 124 valence electrons. The number of halogens is 1. The second-order valence-electron chi connectivity index (χ2n) is 5.85. The molecule has 0 saturated heterocycles. The van der Waals surface area contributed by atoms with E-state index in [1.807, 2.05) is 38.1 Å². The van der Waals surface area contributed by atoms with Gasteiger partial charge in [0.1, 0.15) is 11.5 Å². The van der Waals surface area contributed by atoms with Gasteiger partial charge >= 0.3 is 0 Å². The van der Waals surface area contributed by atoms with Crippen LogP contribution in [-0.2, 0) is 4.74 Å². The monoisotopic (exact) mass is 350 g/mol. The van der Waals surface area contributed by atoms with E-state index < -0.39 is 0 Å². The highest BCUT2D eigenvalue weighted by Crippen LogP contribution is 2.34. The smallest absolute Gasteiger partial charge is 0.246 e. The van der Waals surface area contributed by atoms with Crippen LogP contribution in [0.3, 0.4) is 0 Å². The van der Waals surface area contributed by atoms with E-state index in [2.05, 4.69) is 21.7 Å². The molecule has 0 aliphatic carbocycles. The average molecular weight is 351 g/mol. The molecule has 0 fully saturated rings. The maximum Gasteiger partial charge on any atom is 0.246 e. The molecule has 3 heterocycles. The maximum atomic E-state index is 6.29. The third-order valence-electron chi connectivity index (χ3n) is 3.89. The summed E-state index contributed by atoms with van der Waals surface area (Å²) in [4.78, 5) is 8.99. The quantitative estimate of drug-likeness (QED) is 0.677. The molecule has 1 aromatic carbocycles. The van der Waals surface area contributed by atoms with Crippen molar-refractivity contribution in [3.63, 3.8) is 0 Å². The lowest BCUT2D eigenvalue weighted by molar-refractivity contribution is 0.500. The molecule has 3 aromatic rings. The lowest BCUT2D eigenvalue weighted by atomic mass is 10.1. The van der Waals surface area contributed by atoms with Crippen LogP contribution >= 0.6 is 11.6 Å². The van der Waals surface area contributed by atoms with Crippen LogP contribution < -0.4 is 0 Å². The normalized spacial score (nSPS) is 13.2. The number of nitrogens with zero attached hydrogens (tertiary/aromatic N) is 4. The zero-order chi connectivity index (χ0) is 17.6. The molecular weight excluding hydrogens is 336 g/mol. The Bertz CT molecular complexity index is 1040. The number of hydrogen-bond donors (Lipinski definition) is 0. The number of aromatic nitrogens is 3. The first kappa shape index (κ1) is 15.6. The van der Waals surface area contributed by atoms with Gasteiger partial charge in [-0.3, -0.25) is 0 Å². The lowest BCUT2D eigenvalue weighted by Crippen LogP contribution is -2.16. The first-order valence-electron chi connectivity index (χ1n) is 7.77. The highest BCUT2D eigenvalue weighted by Gasteiger charge is 2.23. The van der Waals surface area contributed by atoms with E-state index in [4.69, 9.17) is 16.3 Å². The van der Waals surface area contributed by atoms with Gasteiger partial charge in [0.25, 0.3) is 0 Å². The Kier molecular flexibility index (Phi) is 3.66. The molecule has 0 unspecified atom stereocenters. The topological polar surface area (TPSA) is 52.3 Å². The molecule has 0 spiro atoms. The van der Waals surface area contributed by atoms with Crippen LogP contribution in [0.4, 0.5) is 5.69 Å². The molecule has 0 bridgehead atoms. The van der Waals surface area contributed by atoms with Gasteiger partial charge in [-0.05, 0) is 49.7 Å². The van der Waals surface area contributed by atoms with E-state index in [0.29, 0.717) is 28.2 Å². The van der Waals surface area contributed by atoms with Crippen LogP contribution in [0.2, 0.25) is 5.02 Å². The van der Waals surface area contributed by atoms with E-state index in [0.717, 1.165) is 22.5 Å². The molecule has 6 heteroatoms. The first-order valence-corrected chi connectivity index (χ1v) is 8.15. The number of aryl methyl sites for hydroxylation is 2. The molecule has 1 aliphatic heterocycles. The van der Waals surface area contributed by atoms with Crippen LogP contribution in [0.15, 0.2) is 54.2 Å². The summed E-state index contributed by atoms with van der Waals surface area (Å²) in [6.07, 6.45) is 1.67. The van der Waals surface area contributed by atoms with Crippen LogP contribution in [0, 0.1) is 13.8 Å². The van der Waals surface area contributed by atoms with E-state index in [1.165, 1.54) is 0 Å². The summed E-state index contributed by atoms with van der Waals surface area (Å²) in [6, 6.07) is 11.4. The Morgan fingerprint density at radius 2 is 2.00 bits per heavy atom. The summed E-state index contributed by atoms with van der Waals surface area (Å²) in [7, 11) is 0. The zero-order valence-corrected chi connectivity index (χ0v) is 14.6. The Labute approximate surface area is 150 Å². The van der Waals surface area contributed by atoms with E-state index >= 15 is 0 Å². The Balaban J connectivity index is 1.89. The molecule has 25 heavy (non-hydrogen) atoms. The van der Waals surface area contributed by atoms with Gasteiger partial charge in [-0.1, -0.05) is 24.2 Å². The molecule has 2 aromatic heterocycles. The summed E-state index contributed by atoms with van der Waals surface area (Å²) in [5, 5.41) is 4.99. The van der Waals surface area contributed by atoms with Gasteiger partial charge in [-0.15, -0.1) is 0 Å². The number of aliphatic imine (C=N–C) groups is 1. The van der Waals surface area contributed by atoms with E-state index in [-0.39, 0.29) is 0 Å². The van der Waals surface area contributed by atoms with Gasteiger partial charge in [0, 0.05) is 11.8 Å². The number of rotatable bonds is 2. The summed E-state index contributed by atoms with van der Waals surface area (Å²) in [5.74, 6) is 1.50. The van der Waals surface area contributed by atoms with Crippen molar-refractivity contribution in [1.82, 2.24) is 14.8 Å². The summed E-state index contributed by atoms with van der Waals surface area (Å²) >= 11 is 6.29. The predicted molar refractivity (Wildman–Crippen MR) is 98.6 cm³/mol. The third-order valence-corrected chi connectivity index (χ3v) is 4.18. The van der Waals surface area contributed by atoms with Crippen molar-refractivity contribution in [3.05, 3.63) is 76.7 Å². The Morgan fingerprint density at radius 1 is 1.16 bits per heavy atom. The highest BCUT2D eigenvalue weighted by molar-refractivity contribution is 6.32. The second-order valence-corrected chi connectivity index (χ2v) is 6.26. The number of hydrogen-bond acceptors (Lipinski definition) is 4. The molecular formula is C19H15ClN4O. The van der Waals surface area contributed by atoms with Crippen molar-refractivity contribution in [2.75, 3.05) is 0 Å². The SMILES string of the molecule is C=C1OC(c2cc(C)nn2-c2ncccc2Cl)=Nc2cc(C)ccc21. The number of benzene rings is 1. The number of fused-ring (bicyclic) bond motifs is 1. The first-order chi connectivity index (χ1) is 12.0. The second kappa shape index (κ2) is 5.86. The summed E-state index contributed by atoms with van der Waals surface area (Å²) in [6.45, 7) is 7.93. The van der Waals surface area contributed by atoms with Crippen LogP contribution in [0.25, 0.3) is 11.6 Å². The Hall–Kier alpha value is -2.92. The molecule has 0 N–H and O–H groups in total. The number of ether oxygens (including phenoxy) is 1. The Morgan fingerprint density at radius 3 is 2.80 bits per heavy atom. The molecule has 4 rings (SSSR count). The van der Waals surface area contributed by atoms with Gasteiger partial charge in [-0.2, -0.15) is 5.10 Å². The molecule has 5 nitrogen and oxygen atoms in total. The maximum absolute atomic E-state index is 6.29. The zero-order valence-electron chi connectivity index (χ0n) is 13.8. The minimum absolute atomic E-state index is 0.422. The highest BCUT2D eigenvalue weighted by atomic mass is 35.5. The molecule has 0 saturated carbocycles.